The second-order valence-electron chi connectivity index (χ2n) is 11.3. The van der Waals surface area contributed by atoms with E-state index in [4.69, 9.17) is 22.8 Å². The average Bonchev–Trinajstić information content (AvgIpc) is 3.46. The lowest BCUT2D eigenvalue weighted by Crippen LogP contribution is -2.43. The van der Waals surface area contributed by atoms with Gasteiger partial charge in [-0.15, -0.1) is 0 Å². The van der Waals surface area contributed by atoms with Gasteiger partial charge in [-0.2, -0.15) is 4.98 Å². The van der Waals surface area contributed by atoms with Crippen LogP contribution in [0.2, 0.25) is 6.55 Å². The number of likely N-dealkylation sites (tertiary alicyclic amines) is 1. The maximum atomic E-state index is 12.3. The summed E-state index contributed by atoms with van der Waals surface area (Å²) in [6.45, 7) is 15.4. The molecule has 0 aromatic carbocycles. The highest BCUT2D eigenvalue weighted by atomic mass is 28.2. The molecule has 1 atom stereocenters. The van der Waals surface area contributed by atoms with E-state index >= 15 is 0 Å². The summed E-state index contributed by atoms with van der Waals surface area (Å²) in [7, 11) is 0.336. The van der Waals surface area contributed by atoms with E-state index in [0.29, 0.717) is 40.0 Å². The minimum Gasteiger partial charge on any atom is -0.451 e. The fourth-order valence-electron chi connectivity index (χ4n) is 4.20. The molecular formula is C26H36N4O6Si. The van der Waals surface area contributed by atoms with Crippen molar-refractivity contribution in [2.24, 2.45) is 5.41 Å². The first-order valence-corrected chi connectivity index (χ1v) is 14.0. The second-order valence-corrected chi connectivity index (χ2v) is 11.9. The van der Waals surface area contributed by atoms with Crippen molar-refractivity contribution in [3.63, 3.8) is 0 Å². The van der Waals surface area contributed by atoms with Gasteiger partial charge in [-0.25, -0.2) is 4.79 Å². The van der Waals surface area contributed by atoms with E-state index in [-0.39, 0.29) is 36.2 Å². The Morgan fingerprint density at radius 2 is 1.95 bits per heavy atom. The molecule has 37 heavy (non-hydrogen) atoms. The molecule has 1 aliphatic rings. The molecule has 0 aliphatic carbocycles. The predicted octanol–water partition coefficient (Wildman–Crippen LogP) is 5.57. The third-order valence-electron chi connectivity index (χ3n) is 5.97. The Morgan fingerprint density at radius 1 is 1.22 bits per heavy atom. The van der Waals surface area contributed by atoms with E-state index in [2.05, 4.69) is 35.9 Å². The summed E-state index contributed by atoms with van der Waals surface area (Å²) >= 11 is 0. The fourth-order valence-corrected chi connectivity index (χ4v) is 4.90. The summed E-state index contributed by atoms with van der Waals surface area (Å²) in [5.41, 5.74) is 0.872. The molecule has 4 rings (SSSR count). The lowest BCUT2D eigenvalue weighted by molar-refractivity contribution is -0.0190. The quantitative estimate of drug-likeness (QED) is 0.363. The molecule has 4 heterocycles. The number of aromatic nitrogens is 3. The van der Waals surface area contributed by atoms with Crippen molar-refractivity contribution >= 4 is 26.8 Å². The van der Waals surface area contributed by atoms with E-state index in [1.54, 1.807) is 11.1 Å². The molecule has 200 valence electrons. The number of hydrogen-bond donors (Lipinski definition) is 0. The smallest absolute Gasteiger partial charge is 0.410 e. The van der Waals surface area contributed by atoms with Crippen LogP contribution in [0.5, 0.6) is 0 Å². The van der Waals surface area contributed by atoms with Crippen molar-refractivity contribution < 1.29 is 27.6 Å². The van der Waals surface area contributed by atoms with E-state index in [0.717, 1.165) is 23.9 Å². The standard InChI is InChI=1S/C26H36N4O6Si/c1-25(2,3)22(36-37-7)21-17-14-19(33-18(17)8-11-27-21)23-28-20(29-35-23)15-32-16-9-12-30(13-10-16)24(31)34-26(4,5)6/h8,11,14,16,22H,9-10,12-13,15H2,1-7H3. The van der Waals surface area contributed by atoms with Gasteiger partial charge in [0.05, 0.1) is 17.9 Å². The van der Waals surface area contributed by atoms with Crippen LogP contribution in [0.4, 0.5) is 4.79 Å². The van der Waals surface area contributed by atoms with Gasteiger partial charge in [0, 0.05) is 24.7 Å². The van der Waals surface area contributed by atoms with Gasteiger partial charge in [-0.05, 0) is 57.7 Å². The summed E-state index contributed by atoms with van der Waals surface area (Å²) in [5, 5.41) is 4.93. The van der Waals surface area contributed by atoms with Gasteiger partial charge >= 0.3 is 6.09 Å². The van der Waals surface area contributed by atoms with Gasteiger partial charge in [0.2, 0.25) is 9.76 Å². The van der Waals surface area contributed by atoms with Crippen LogP contribution in [0.3, 0.4) is 0 Å². The molecule has 1 amide bonds. The molecule has 1 aliphatic heterocycles. The van der Waals surface area contributed by atoms with Crippen LogP contribution in [-0.4, -0.2) is 60.7 Å². The Balaban J connectivity index is 1.39. The molecule has 1 unspecified atom stereocenters. The van der Waals surface area contributed by atoms with E-state index in [1.165, 1.54) is 0 Å². The lowest BCUT2D eigenvalue weighted by atomic mass is 9.86. The molecule has 3 aromatic heterocycles. The maximum absolute atomic E-state index is 12.3. The Kier molecular flexibility index (Phi) is 8.05. The Labute approximate surface area is 220 Å². The van der Waals surface area contributed by atoms with Gasteiger partial charge < -0.3 is 27.7 Å². The van der Waals surface area contributed by atoms with Crippen LogP contribution < -0.4 is 0 Å². The minimum atomic E-state index is -0.503. The molecule has 11 heteroatoms. The fraction of sp³-hybridized carbons (Fsp3) is 0.615. The third-order valence-corrected chi connectivity index (χ3v) is 6.44. The Hall–Kier alpha value is -2.76. The lowest BCUT2D eigenvalue weighted by Gasteiger charge is -2.33. The molecule has 0 N–H and O–H groups in total. The molecule has 1 saturated heterocycles. The first-order valence-electron chi connectivity index (χ1n) is 12.6. The van der Waals surface area contributed by atoms with Crippen LogP contribution in [0.1, 0.15) is 72.0 Å². The summed E-state index contributed by atoms with van der Waals surface area (Å²) < 4.78 is 29.0. The van der Waals surface area contributed by atoms with Crippen LogP contribution in [-0.2, 0) is 20.5 Å². The minimum absolute atomic E-state index is 0.00840. The molecule has 2 radical (unpaired) electrons. The molecule has 0 bridgehead atoms. The number of hydrogen-bond acceptors (Lipinski definition) is 9. The van der Waals surface area contributed by atoms with Gasteiger partial charge in [-0.3, -0.25) is 4.98 Å². The summed E-state index contributed by atoms with van der Waals surface area (Å²) in [4.78, 5) is 23.1. The zero-order valence-electron chi connectivity index (χ0n) is 22.7. The highest BCUT2D eigenvalue weighted by molar-refractivity contribution is 6.24. The van der Waals surface area contributed by atoms with Crippen molar-refractivity contribution in [1.29, 1.82) is 0 Å². The predicted molar refractivity (Wildman–Crippen MR) is 138 cm³/mol. The number of carbonyl (C=O) groups is 1. The number of furan rings is 1. The molecule has 10 nitrogen and oxygen atoms in total. The number of amides is 1. The molecule has 1 fully saturated rings. The maximum Gasteiger partial charge on any atom is 0.410 e. The van der Waals surface area contributed by atoms with Crippen molar-refractivity contribution in [2.45, 2.75) is 85.3 Å². The van der Waals surface area contributed by atoms with Gasteiger partial charge in [0.15, 0.2) is 11.6 Å². The number of fused-ring (bicyclic) bond motifs is 1. The summed E-state index contributed by atoms with van der Waals surface area (Å²) in [6.07, 6.45) is 2.71. The van der Waals surface area contributed by atoms with E-state index in [1.807, 2.05) is 39.5 Å². The van der Waals surface area contributed by atoms with Crippen LogP contribution in [0.15, 0.2) is 27.3 Å². The number of carbonyl (C=O) groups excluding carboxylic acids is 1. The van der Waals surface area contributed by atoms with Crippen LogP contribution >= 0.6 is 0 Å². The average molecular weight is 529 g/mol. The first-order chi connectivity index (χ1) is 17.4. The monoisotopic (exact) mass is 528 g/mol. The van der Waals surface area contributed by atoms with Gasteiger partial charge in [0.25, 0.3) is 5.89 Å². The topological polar surface area (TPSA) is 113 Å². The second kappa shape index (κ2) is 10.9. The SMILES string of the molecule is C[Si]OC(c1nccc2oc(-c3nc(COC4CCN(C(=O)OC(C)(C)C)CC4)no3)cc12)C(C)(C)C. The highest BCUT2D eigenvalue weighted by Gasteiger charge is 2.31. The van der Waals surface area contributed by atoms with Gasteiger partial charge in [-0.1, -0.05) is 25.9 Å². The largest absolute Gasteiger partial charge is 0.451 e. The normalized spacial score (nSPS) is 16.4. The molecular weight excluding hydrogens is 492 g/mol. The number of piperidine rings is 1. The number of nitrogens with zero attached hydrogens (tertiary/aromatic N) is 4. The van der Waals surface area contributed by atoms with Crippen molar-refractivity contribution in [2.75, 3.05) is 13.1 Å². The van der Waals surface area contributed by atoms with Crippen LogP contribution in [0, 0.1) is 5.41 Å². The third kappa shape index (κ3) is 6.77. The zero-order chi connectivity index (χ0) is 26.8. The highest BCUT2D eigenvalue weighted by Crippen LogP contribution is 2.39. The number of rotatable bonds is 7. The zero-order valence-corrected chi connectivity index (χ0v) is 23.7. The van der Waals surface area contributed by atoms with E-state index in [9.17, 15) is 4.79 Å². The Morgan fingerprint density at radius 3 is 2.59 bits per heavy atom. The van der Waals surface area contributed by atoms with E-state index < -0.39 is 5.60 Å². The number of pyridine rings is 1. The van der Waals surface area contributed by atoms with Crippen LogP contribution in [0.25, 0.3) is 22.6 Å². The molecule has 3 aromatic rings. The van der Waals surface area contributed by atoms with Crippen molar-refractivity contribution in [3.8, 4) is 11.7 Å². The molecule has 0 saturated carbocycles. The van der Waals surface area contributed by atoms with Crippen molar-refractivity contribution in [3.05, 3.63) is 29.8 Å². The summed E-state index contributed by atoms with van der Waals surface area (Å²) in [6, 6.07) is 3.70. The summed E-state index contributed by atoms with van der Waals surface area (Å²) in [5.74, 6) is 1.19. The van der Waals surface area contributed by atoms with Crippen molar-refractivity contribution in [1.82, 2.24) is 20.0 Å². The molecule has 0 spiro atoms. The van der Waals surface area contributed by atoms with Gasteiger partial charge in [0.1, 0.15) is 17.8 Å². The Bertz CT molecular complexity index is 1200. The first kappa shape index (κ1) is 27.3. The number of ether oxygens (including phenoxy) is 2.